The van der Waals surface area contributed by atoms with Crippen LogP contribution in [0.25, 0.3) is 0 Å². The van der Waals surface area contributed by atoms with E-state index in [0.717, 1.165) is 0 Å². The van der Waals surface area contributed by atoms with Crippen molar-refractivity contribution >= 4 is 17.8 Å². The largest absolute Gasteiger partial charge is 0.466 e. The molecule has 19 heavy (non-hydrogen) atoms. The van der Waals surface area contributed by atoms with E-state index < -0.39 is 12.0 Å². The summed E-state index contributed by atoms with van der Waals surface area (Å²) in [5.41, 5.74) is 0. The molecule has 6 heteroatoms. The van der Waals surface area contributed by atoms with E-state index in [1.807, 2.05) is 13.8 Å². The minimum Gasteiger partial charge on any atom is -0.466 e. The molecule has 0 spiro atoms. The molecule has 1 atom stereocenters. The van der Waals surface area contributed by atoms with Crippen molar-refractivity contribution in [3.8, 4) is 0 Å². The highest BCUT2D eigenvalue weighted by atomic mass is 16.5. The van der Waals surface area contributed by atoms with E-state index in [2.05, 4.69) is 10.6 Å². The number of carbonyl (C=O) groups is 3. The molecule has 0 heterocycles. The Hall–Kier alpha value is -1.59. The molecule has 0 saturated carbocycles. The summed E-state index contributed by atoms with van der Waals surface area (Å²) in [4.78, 5) is 34.4. The van der Waals surface area contributed by atoms with Gasteiger partial charge in [0.05, 0.1) is 13.0 Å². The normalized spacial score (nSPS) is 11.8. The molecule has 0 aromatic rings. The first-order valence-electron chi connectivity index (χ1n) is 6.57. The van der Waals surface area contributed by atoms with Crippen molar-refractivity contribution in [2.24, 2.45) is 5.92 Å². The maximum absolute atomic E-state index is 11.7. The third kappa shape index (κ3) is 8.18. The average molecular weight is 272 g/mol. The molecule has 0 fully saturated rings. The van der Waals surface area contributed by atoms with Crippen molar-refractivity contribution in [2.45, 2.75) is 46.1 Å². The Morgan fingerprint density at radius 1 is 1.16 bits per heavy atom. The number of esters is 1. The van der Waals surface area contributed by atoms with Crippen LogP contribution in [0.5, 0.6) is 0 Å². The van der Waals surface area contributed by atoms with Crippen molar-refractivity contribution in [3.05, 3.63) is 0 Å². The number of rotatable bonds is 8. The quantitative estimate of drug-likeness (QED) is 0.634. The van der Waals surface area contributed by atoms with E-state index in [1.165, 1.54) is 7.05 Å². The molecular weight excluding hydrogens is 248 g/mol. The van der Waals surface area contributed by atoms with E-state index in [9.17, 15) is 14.4 Å². The van der Waals surface area contributed by atoms with Crippen LogP contribution in [0.4, 0.5) is 0 Å². The van der Waals surface area contributed by atoms with Crippen molar-refractivity contribution < 1.29 is 19.1 Å². The van der Waals surface area contributed by atoms with Crippen LogP contribution in [0.1, 0.15) is 40.0 Å². The zero-order chi connectivity index (χ0) is 14.8. The average Bonchev–Trinajstić information content (AvgIpc) is 2.34. The number of nitrogens with one attached hydrogen (secondary N) is 2. The van der Waals surface area contributed by atoms with Crippen LogP contribution in [0.3, 0.4) is 0 Å². The smallest absolute Gasteiger partial charge is 0.306 e. The van der Waals surface area contributed by atoms with Gasteiger partial charge in [-0.3, -0.25) is 14.4 Å². The lowest BCUT2D eigenvalue weighted by Crippen LogP contribution is -2.46. The number of hydrogen-bond acceptors (Lipinski definition) is 4. The van der Waals surface area contributed by atoms with Gasteiger partial charge in [0.2, 0.25) is 11.8 Å². The fraction of sp³-hybridized carbons (Fsp3) is 0.769. The lowest BCUT2D eigenvalue weighted by molar-refractivity contribution is -0.144. The van der Waals surface area contributed by atoms with E-state index in [4.69, 9.17) is 4.74 Å². The summed E-state index contributed by atoms with van der Waals surface area (Å²) in [5.74, 6) is -0.661. The van der Waals surface area contributed by atoms with Crippen molar-refractivity contribution in [1.82, 2.24) is 10.6 Å². The molecule has 6 nitrogen and oxygen atoms in total. The van der Waals surface area contributed by atoms with Gasteiger partial charge in [0.1, 0.15) is 6.04 Å². The van der Waals surface area contributed by atoms with Crippen LogP contribution in [0.15, 0.2) is 0 Å². The first-order valence-corrected chi connectivity index (χ1v) is 6.57. The number of amides is 2. The van der Waals surface area contributed by atoms with Gasteiger partial charge < -0.3 is 15.4 Å². The molecule has 0 aromatic heterocycles. The molecular formula is C13H24N2O4. The molecule has 0 radical (unpaired) electrons. The second kappa shape index (κ2) is 9.35. The highest BCUT2D eigenvalue weighted by Crippen LogP contribution is 2.05. The molecule has 0 aliphatic heterocycles. The summed E-state index contributed by atoms with van der Waals surface area (Å²) in [5, 5.41) is 5.15. The second-order valence-electron chi connectivity index (χ2n) is 4.67. The number of hydrogen-bond donors (Lipinski definition) is 2. The summed E-state index contributed by atoms with van der Waals surface area (Å²) in [7, 11) is 1.53. The Labute approximate surface area is 114 Å². The predicted octanol–water partition coefficient (Wildman–Crippen LogP) is 0.607. The van der Waals surface area contributed by atoms with Crippen molar-refractivity contribution in [2.75, 3.05) is 13.7 Å². The highest BCUT2D eigenvalue weighted by Gasteiger charge is 2.21. The van der Waals surface area contributed by atoms with Gasteiger partial charge in [-0.25, -0.2) is 0 Å². The van der Waals surface area contributed by atoms with Gasteiger partial charge in [0.15, 0.2) is 0 Å². The zero-order valence-corrected chi connectivity index (χ0v) is 12.1. The van der Waals surface area contributed by atoms with Crippen molar-refractivity contribution in [1.29, 1.82) is 0 Å². The van der Waals surface area contributed by atoms with Gasteiger partial charge in [-0.1, -0.05) is 13.8 Å². The zero-order valence-electron chi connectivity index (χ0n) is 12.1. The van der Waals surface area contributed by atoms with Gasteiger partial charge >= 0.3 is 5.97 Å². The van der Waals surface area contributed by atoms with Crippen LogP contribution in [0, 0.1) is 5.92 Å². The van der Waals surface area contributed by atoms with Gasteiger partial charge in [0.25, 0.3) is 0 Å². The summed E-state index contributed by atoms with van der Waals surface area (Å²) in [6, 6.07) is -0.556. The van der Waals surface area contributed by atoms with Crippen LogP contribution in [-0.2, 0) is 19.1 Å². The Bertz CT molecular complexity index is 316. The molecule has 0 aliphatic rings. The van der Waals surface area contributed by atoms with Crippen molar-refractivity contribution in [3.63, 3.8) is 0 Å². The lowest BCUT2D eigenvalue weighted by Gasteiger charge is -2.19. The summed E-state index contributed by atoms with van der Waals surface area (Å²) < 4.78 is 4.73. The minimum absolute atomic E-state index is 0.0296. The molecule has 2 amide bonds. The van der Waals surface area contributed by atoms with Crippen LogP contribution in [0.2, 0.25) is 0 Å². The topological polar surface area (TPSA) is 84.5 Å². The maximum Gasteiger partial charge on any atom is 0.306 e. The molecule has 0 saturated heterocycles. The molecule has 0 rings (SSSR count). The van der Waals surface area contributed by atoms with E-state index in [-0.39, 0.29) is 30.6 Å². The summed E-state index contributed by atoms with van der Waals surface area (Å²) >= 11 is 0. The number of carbonyl (C=O) groups excluding carboxylic acids is 3. The number of ether oxygens (including phenoxy) is 1. The summed E-state index contributed by atoms with van der Waals surface area (Å²) in [6.45, 7) is 5.96. The Morgan fingerprint density at radius 2 is 1.79 bits per heavy atom. The van der Waals surface area contributed by atoms with Gasteiger partial charge in [0, 0.05) is 13.5 Å². The van der Waals surface area contributed by atoms with Crippen LogP contribution >= 0.6 is 0 Å². The van der Waals surface area contributed by atoms with Crippen LogP contribution in [-0.4, -0.2) is 37.5 Å². The first-order chi connectivity index (χ1) is 8.90. The predicted molar refractivity (Wildman–Crippen MR) is 71.3 cm³/mol. The minimum atomic E-state index is -0.556. The fourth-order valence-corrected chi connectivity index (χ4v) is 1.59. The Morgan fingerprint density at radius 3 is 2.26 bits per heavy atom. The van der Waals surface area contributed by atoms with E-state index in [0.29, 0.717) is 13.0 Å². The SMILES string of the molecule is CCOC(=O)CCC(=O)NC(CC(C)C)C(=O)NC. The fourth-order valence-electron chi connectivity index (χ4n) is 1.59. The van der Waals surface area contributed by atoms with E-state index in [1.54, 1.807) is 6.92 Å². The maximum atomic E-state index is 11.7. The number of likely N-dealkylation sites (N-methyl/N-ethyl adjacent to an activating group) is 1. The third-order valence-electron chi connectivity index (χ3n) is 2.47. The van der Waals surface area contributed by atoms with Gasteiger partial charge in [-0.05, 0) is 19.3 Å². The summed E-state index contributed by atoms with van der Waals surface area (Å²) in [6.07, 6.45) is 0.622. The molecule has 0 aromatic carbocycles. The molecule has 2 N–H and O–H groups in total. The molecule has 0 bridgehead atoms. The standard InChI is InChI=1S/C13H24N2O4/c1-5-19-12(17)7-6-11(16)15-10(8-9(2)3)13(18)14-4/h9-10H,5-8H2,1-4H3,(H,14,18)(H,15,16). The third-order valence-corrected chi connectivity index (χ3v) is 2.47. The van der Waals surface area contributed by atoms with Crippen LogP contribution < -0.4 is 10.6 Å². The second-order valence-corrected chi connectivity index (χ2v) is 4.67. The van der Waals surface area contributed by atoms with E-state index >= 15 is 0 Å². The molecule has 0 aliphatic carbocycles. The first kappa shape index (κ1) is 17.4. The monoisotopic (exact) mass is 272 g/mol. The Kier molecular flexibility index (Phi) is 8.57. The highest BCUT2D eigenvalue weighted by molar-refractivity contribution is 5.88. The Balaban J connectivity index is 4.23. The lowest BCUT2D eigenvalue weighted by atomic mass is 10.0. The van der Waals surface area contributed by atoms with Gasteiger partial charge in [-0.2, -0.15) is 0 Å². The van der Waals surface area contributed by atoms with Gasteiger partial charge in [-0.15, -0.1) is 0 Å². The molecule has 1 unspecified atom stereocenters. The molecule has 110 valence electrons.